The summed E-state index contributed by atoms with van der Waals surface area (Å²) in [5, 5.41) is 0. The number of ether oxygens (including phenoxy) is 2. The number of hydrogen-bond acceptors (Lipinski definition) is 5. The Morgan fingerprint density at radius 3 is 1.52 bits per heavy atom. The second-order valence-electron chi connectivity index (χ2n) is 7.18. The summed E-state index contributed by atoms with van der Waals surface area (Å²) >= 11 is 0. The van der Waals surface area contributed by atoms with E-state index in [0.29, 0.717) is 0 Å². The Kier molecular flexibility index (Phi) is 6.47. The van der Waals surface area contributed by atoms with Crippen molar-refractivity contribution in [3.05, 3.63) is 71.8 Å². The minimum Gasteiger partial charge on any atom is -0.465 e. The molecule has 0 unspecified atom stereocenters. The molecule has 3 rings (SSSR count). The van der Waals surface area contributed by atoms with Crippen LogP contribution in [0.1, 0.15) is 49.7 Å². The third kappa shape index (κ3) is 3.82. The lowest BCUT2D eigenvalue weighted by Gasteiger charge is -2.45. The van der Waals surface area contributed by atoms with E-state index in [9.17, 15) is 14.4 Å². The number of Topliss-reactive ketones (excluding diaryl/α,β-unsaturated/α-hetero) is 1. The van der Waals surface area contributed by atoms with Gasteiger partial charge in [0.2, 0.25) is 0 Å². The summed E-state index contributed by atoms with van der Waals surface area (Å²) in [5.41, 5.74) is -0.118. The Morgan fingerprint density at radius 1 is 0.793 bits per heavy atom. The van der Waals surface area contributed by atoms with Crippen LogP contribution >= 0.6 is 0 Å². The maximum Gasteiger partial charge on any atom is 0.324 e. The van der Waals surface area contributed by atoms with Crippen molar-refractivity contribution < 1.29 is 23.9 Å². The molecule has 5 nitrogen and oxygen atoms in total. The first kappa shape index (κ1) is 20.8. The molecule has 0 aliphatic heterocycles. The zero-order valence-electron chi connectivity index (χ0n) is 16.8. The smallest absolute Gasteiger partial charge is 0.324 e. The monoisotopic (exact) mass is 394 g/mol. The van der Waals surface area contributed by atoms with Crippen molar-refractivity contribution in [2.45, 2.75) is 38.5 Å². The molecule has 0 N–H and O–H groups in total. The molecule has 0 amide bonds. The second-order valence-corrected chi connectivity index (χ2v) is 7.18. The summed E-state index contributed by atoms with van der Waals surface area (Å²) in [5.74, 6) is -2.57. The van der Waals surface area contributed by atoms with Gasteiger partial charge < -0.3 is 9.47 Å². The SMILES string of the molecule is CCOC(=O)C1(C(=O)OCC)[C@H](c2ccccc2)CC(=O)C[C@H]1c1ccccc1. The Labute approximate surface area is 171 Å². The Hall–Kier alpha value is -2.95. The van der Waals surface area contributed by atoms with Crippen molar-refractivity contribution in [2.24, 2.45) is 5.41 Å². The first-order chi connectivity index (χ1) is 14.1. The fourth-order valence-electron chi connectivity index (χ4n) is 4.39. The topological polar surface area (TPSA) is 69.7 Å². The molecule has 2 atom stereocenters. The number of hydrogen-bond donors (Lipinski definition) is 0. The lowest BCUT2D eigenvalue weighted by atomic mass is 9.56. The van der Waals surface area contributed by atoms with Crippen molar-refractivity contribution in [2.75, 3.05) is 13.2 Å². The van der Waals surface area contributed by atoms with Crippen LogP contribution in [-0.2, 0) is 23.9 Å². The molecule has 1 aliphatic carbocycles. The van der Waals surface area contributed by atoms with Crippen molar-refractivity contribution in [1.29, 1.82) is 0 Å². The predicted molar refractivity (Wildman–Crippen MR) is 108 cm³/mol. The lowest BCUT2D eigenvalue weighted by molar-refractivity contribution is -0.178. The van der Waals surface area contributed by atoms with Crippen molar-refractivity contribution in [3.8, 4) is 0 Å². The highest BCUT2D eigenvalue weighted by atomic mass is 16.6. The zero-order valence-corrected chi connectivity index (χ0v) is 16.8. The molecule has 1 aliphatic rings. The third-order valence-corrected chi connectivity index (χ3v) is 5.59. The second kappa shape index (κ2) is 9.03. The number of rotatable bonds is 6. The quantitative estimate of drug-likeness (QED) is 0.546. The normalized spacial score (nSPS) is 20.7. The van der Waals surface area contributed by atoms with E-state index in [-0.39, 0.29) is 31.8 Å². The molecule has 0 bridgehead atoms. The highest BCUT2D eigenvalue weighted by Gasteiger charge is 2.63. The van der Waals surface area contributed by atoms with Gasteiger partial charge in [-0.2, -0.15) is 0 Å². The molecule has 0 radical (unpaired) electrons. The van der Waals surface area contributed by atoms with E-state index in [4.69, 9.17) is 9.47 Å². The first-order valence-corrected chi connectivity index (χ1v) is 10.0. The maximum absolute atomic E-state index is 13.5. The number of ketones is 1. The van der Waals surface area contributed by atoms with E-state index in [0.717, 1.165) is 11.1 Å². The Morgan fingerprint density at radius 2 is 1.17 bits per heavy atom. The highest BCUT2D eigenvalue weighted by molar-refractivity contribution is 6.05. The summed E-state index contributed by atoms with van der Waals surface area (Å²) in [7, 11) is 0. The van der Waals surface area contributed by atoms with E-state index < -0.39 is 29.2 Å². The number of benzene rings is 2. The number of carbonyl (C=O) groups excluding carboxylic acids is 3. The van der Waals surface area contributed by atoms with E-state index in [1.807, 2.05) is 60.7 Å². The molecule has 0 spiro atoms. The van der Waals surface area contributed by atoms with Gasteiger partial charge in [-0.3, -0.25) is 14.4 Å². The lowest BCUT2D eigenvalue weighted by Crippen LogP contribution is -2.54. The van der Waals surface area contributed by atoms with Crippen LogP contribution in [0.4, 0.5) is 0 Å². The van der Waals surface area contributed by atoms with Crippen LogP contribution in [0.2, 0.25) is 0 Å². The molecular weight excluding hydrogens is 368 g/mol. The van der Waals surface area contributed by atoms with Gasteiger partial charge in [-0.15, -0.1) is 0 Å². The van der Waals surface area contributed by atoms with Crippen molar-refractivity contribution in [3.63, 3.8) is 0 Å². The van der Waals surface area contributed by atoms with E-state index in [1.165, 1.54) is 0 Å². The van der Waals surface area contributed by atoms with E-state index in [1.54, 1.807) is 13.8 Å². The maximum atomic E-state index is 13.5. The minimum absolute atomic E-state index is 0.0110. The molecule has 1 saturated carbocycles. The minimum atomic E-state index is -1.62. The van der Waals surface area contributed by atoms with Gasteiger partial charge in [0.05, 0.1) is 13.2 Å². The molecule has 0 aromatic heterocycles. The van der Waals surface area contributed by atoms with Crippen LogP contribution in [0, 0.1) is 5.41 Å². The molecular formula is C24H26O5. The van der Waals surface area contributed by atoms with E-state index >= 15 is 0 Å². The predicted octanol–water partition coefficient (Wildman–Crippen LogP) is 4.03. The number of esters is 2. The van der Waals surface area contributed by atoms with Crippen LogP contribution in [0.15, 0.2) is 60.7 Å². The largest absolute Gasteiger partial charge is 0.465 e. The molecule has 0 heterocycles. The molecule has 2 aromatic carbocycles. The van der Waals surface area contributed by atoms with Gasteiger partial charge in [0, 0.05) is 24.7 Å². The molecule has 0 saturated heterocycles. The fraction of sp³-hybridized carbons (Fsp3) is 0.375. The summed E-state index contributed by atoms with van der Waals surface area (Å²) in [4.78, 5) is 39.7. The van der Waals surface area contributed by atoms with Gasteiger partial charge in [0.1, 0.15) is 5.78 Å². The Balaban J connectivity index is 2.28. The van der Waals surface area contributed by atoms with E-state index in [2.05, 4.69) is 0 Å². The summed E-state index contributed by atoms with van der Waals surface area (Å²) in [6, 6.07) is 18.5. The molecule has 29 heavy (non-hydrogen) atoms. The molecule has 152 valence electrons. The Bertz CT molecular complexity index is 788. The van der Waals surface area contributed by atoms with Crippen molar-refractivity contribution >= 4 is 17.7 Å². The van der Waals surface area contributed by atoms with Crippen LogP contribution in [0.5, 0.6) is 0 Å². The zero-order chi connectivity index (χ0) is 20.9. The average Bonchev–Trinajstić information content (AvgIpc) is 2.74. The van der Waals surface area contributed by atoms with Gasteiger partial charge in [0.25, 0.3) is 0 Å². The van der Waals surface area contributed by atoms with Crippen LogP contribution in [0.25, 0.3) is 0 Å². The number of carbonyl (C=O) groups is 3. The molecule has 2 aromatic rings. The average molecular weight is 394 g/mol. The van der Waals surface area contributed by atoms with Crippen molar-refractivity contribution in [1.82, 2.24) is 0 Å². The summed E-state index contributed by atoms with van der Waals surface area (Å²) < 4.78 is 10.9. The highest BCUT2D eigenvalue weighted by Crippen LogP contribution is 2.55. The van der Waals surface area contributed by atoms with Gasteiger partial charge in [-0.05, 0) is 25.0 Å². The third-order valence-electron chi connectivity index (χ3n) is 5.59. The summed E-state index contributed by atoms with van der Waals surface area (Å²) in [6.07, 6.45) is 0.177. The summed E-state index contributed by atoms with van der Waals surface area (Å²) in [6.45, 7) is 3.69. The first-order valence-electron chi connectivity index (χ1n) is 10.0. The fourth-order valence-corrected chi connectivity index (χ4v) is 4.39. The van der Waals surface area contributed by atoms with Gasteiger partial charge in [0.15, 0.2) is 5.41 Å². The van der Waals surface area contributed by atoms with Crippen LogP contribution < -0.4 is 0 Å². The molecule has 1 fully saturated rings. The molecule has 5 heteroatoms. The van der Waals surface area contributed by atoms with Gasteiger partial charge >= 0.3 is 11.9 Å². The van der Waals surface area contributed by atoms with Gasteiger partial charge in [-0.1, -0.05) is 60.7 Å². The van der Waals surface area contributed by atoms with Gasteiger partial charge in [-0.25, -0.2) is 0 Å². The van der Waals surface area contributed by atoms with Crippen LogP contribution in [0.3, 0.4) is 0 Å². The van der Waals surface area contributed by atoms with Crippen LogP contribution in [-0.4, -0.2) is 30.9 Å². The standard InChI is InChI=1S/C24H26O5/c1-3-28-22(26)24(23(27)29-4-2)20(17-11-7-5-8-12-17)15-19(25)16-21(24)18-13-9-6-10-14-18/h5-14,20-21H,3-4,15-16H2,1-2H3/t20-,21-/m0/s1.